The van der Waals surface area contributed by atoms with Crippen molar-refractivity contribution in [2.24, 2.45) is 0 Å². The number of anilines is 1. The Morgan fingerprint density at radius 1 is 0.949 bits per heavy atom. The molecule has 0 saturated heterocycles. The Kier molecular flexibility index (Phi) is 10.2. The second-order valence-corrected chi connectivity index (χ2v) is 12.1. The zero-order valence-corrected chi connectivity index (χ0v) is 24.6. The van der Waals surface area contributed by atoms with Gasteiger partial charge in [-0.1, -0.05) is 72.6 Å². The van der Waals surface area contributed by atoms with E-state index in [9.17, 15) is 18.0 Å². The van der Waals surface area contributed by atoms with Crippen molar-refractivity contribution in [2.75, 3.05) is 10.8 Å². The topological polar surface area (TPSA) is 86.8 Å². The van der Waals surface area contributed by atoms with Gasteiger partial charge in [-0.05, 0) is 69.5 Å². The normalized spacial score (nSPS) is 12.2. The molecule has 3 aromatic rings. The molecule has 39 heavy (non-hydrogen) atoms. The highest BCUT2D eigenvalue weighted by Crippen LogP contribution is 2.28. The van der Waals surface area contributed by atoms with Gasteiger partial charge in [0.1, 0.15) is 12.6 Å². The summed E-state index contributed by atoms with van der Waals surface area (Å²) < 4.78 is 29.0. The van der Waals surface area contributed by atoms with Gasteiger partial charge in [-0.3, -0.25) is 13.9 Å². The number of halogens is 1. The highest BCUT2D eigenvalue weighted by Gasteiger charge is 2.34. The number of rotatable bonds is 11. The summed E-state index contributed by atoms with van der Waals surface area (Å²) in [6.45, 7) is 8.80. The van der Waals surface area contributed by atoms with E-state index in [1.54, 1.807) is 48.5 Å². The Hall–Kier alpha value is -3.36. The first-order chi connectivity index (χ1) is 18.4. The second-order valence-electron chi connectivity index (χ2n) is 9.82. The van der Waals surface area contributed by atoms with Gasteiger partial charge in [0.2, 0.25) is 11.8 Å². The fourth-order valence-electron chi connectivity index (χ4n) is 4.43. The Balaban J connectivity index is 2.10. The summed E-state index contributed by atoms with van der Waals surface area (Å²) in [6.07, 6.45) is 0.337. The van der Waals surface area contributed by atoms with Gasteiger partial charge in [0, 0.05) is 17.6 Å². The van der Waals surface area contributed by atoms with Crippen LogP contribution < -0.4 is 9.62 Å². The maximum atomic E-state index is 14.1. The third-order valence-electron chi connectivity index (χ3n) is 6.35. The first-order valence-corrected chi connectivity index (χ1v) is 14.8. The lowest BCUT2D eigenvalue weighted by Gasteiger charge is -2.34. The molecule has 1 atom stereocenters. The molecule has 0 aliphatic rings. The van der Waals surface area contributed by atoms with Gasteiger partial charge in [0.05, 0.1) is 10.6 Å². The number of nitrogens with one attached hydrogen (secondary N) is 1. The zero-order valence-electron chi connectivity index (χ0n) is 23.0. The smallest absolute Gasteiger partial charge is 0.264 e. The van der Waals surface area contributed by atoms with Crippen LogP contribution in [0.2, 0.25) is 5.02 Å². The molecule has 0 aliphatic carbocycles. The molecule has 0 radical (unpaired) electrons. The molecule has 0 bridgehead atoms. The minimum Gasteiger partial charge on any atom is -0.352 e. The monoisotopic (exact) mass is 569 g/mol. The fourth-order valence-corrected chi connectivity index (χ4v) is 6.12. The first kappa shape index (κ1) is 30.2. The molecule has 0 saturated carbocycles. The molecule has 0 unspecified atom stereocenters. The quantitative estimate of drug-likeness (QED) is 0.331. The van der Waals surface area contributed by atoms with Crippen LogP contribution in [0.4, 0.5) is 5.69 Å². The van der Waals surface area contributed by atoms with E-state index in [0.29, 0.717) is 28.3 Å². The second kappa shape index (κ2) is 13.1. The van der Waals surface area contributed by atoms with Crippen molar-refractivity contribution < 1.29 is 18.0 Å². The van der Waals surface area contributed by atoms with E-state index in [4.69, 9.17) is 11.6 Å². The minimum atomic E-state index is -4.11. The highest BCUT2D eigenvalue weighted by molar-refractivity contribution is 7.92. The molecule has 3 aromatic carbocycles. The van der Waals surface area contributed by atoms with Gasteiger partial charge in [0.15, 0.2) is 0 Å². The van der Waals surface area contributed by atoms with Crippen LogP contribution in [0.3, 0.4) is 0 Å². The van der Waals surface area contributed by atoms with E-state index in [1.165, 1.54) is 17.0 Å². The molecule has 2 amide bonds. The Bertz CT molecular complexity index is 1410. The van der Waals surface area contributed by atoms with Crippen LogP contribution in [0, 0.1) is 13.8 Å². The van der Waals surface area contributed by atoms with Crippen molar-refractivity contribution in [1.82, 2.24) is 10.2 Å². The maximum Gasteiger partial charge on any atom is 0.264 e. The largest absolute Gasteiger partial charge is 0.352 e. The van der Waals surface area contributed by atoms with Crippen LogP contribution in [0.25, 0.3) is 0 Å². The number of carbonyl (C=O) groups is 2. The van der Waals surface area contributed by atoms with Gasteiger partial charge in [-0.15, -0.1) is 0 Å². The lowest BCUT2D eigenvalue weighted by molar-refractivity contribution is -0.140. The fraction of sp³-hybridized carbons (Fsp3) is 0.333. The number of aryl methyl sites for hydroxylation is 2. The van der Waals surface area contributed by atoms with Crippen LogP contribution in [0.1, 0.15) is 43.9 Å². The van der Waals surface area contributed by atoms with E-state index in [1.807, 2.05) is 46.8 Å². The molecule has 0 heterocycles. The third-order valence-corrected chi connectivity index (χ3v) is 8.49. The van der Waals surface area contributed by atoms with Crippen molar-refractivity contribution in [2.45, 2.75) is 64.6 Å². The lowest BCUT2D eigenvalue weighted by Crippen LogP contribution is -2.53. The molecule has 7 nitrogen and oxygen atoms in total. The summed E-state index contributed by atoms with van der Waals surface area (Å²) in [7, 11) is -4.11. The molecule has 208 valence electrons. The summed E-state index contributed by atoms with van der Waals surface area (Å²) in [5.41, 5.74) is 2.74. The number of nitrogens with zero attached hydrogens (tertiary/aromatic N) is 2. The van der Waals surface area contributed by atoms with Gasteiger partial charge >= 0.3 is 0 Å². The molecule has 3 rings (SSSR count). The molecule has 0 aromatic heterocycles. The average molecular weight is 570 g/mol. The summed E-state index contributed by atoms with van der Waals surface area (Å²) in [4.78, 5) is 28.8. The Morgan fingerprint density at radius 3 is 2.18 bits per heavy atom. The molecular weight excluding hydrogens is 534 g/mol. The molecule has 0 spiro atoms. The van der Waals surface area contributed by atoms with Crippen molar-refractivity contribution in [3.05, 3.63) is 94.5 Å². The number of hydrogen-bond donors (Lipinski definition) is 1. The van der Waals surface area contributed by atoms with Crippen LogP contribution in [0.5, 0.6) is 0 Å². The van der Waals surface area contributed by atoms with Crippen LogP contribution in [-0.2, 0) is 26.2 Å². The molecule has 9 heteroatoms. The van der Waals surface area contributed by atoms with E-state index in [-0.39, 0.29) is 23.4 Å². The number of hydrogen-bond acceptors (Lipinski definition) is 4. The molecule has 1 N–H and O–H groups in total. The number of amides is 2. The number of benzene rings is 3. The standard InChI is InChI=1S/C30H36ClN3O4S/c1-6-27(30(36)32-21(2)3)33(19-24-12-10-11-15-26(24)31)29(35)20-34(28-17-16-22(4)18-23(28)5)39(37,38)25-13-8-7-9-14-25/h7-18,21,27H,6,19-20H2,1-5H3,(H,32,36)/t27-/m1/s1. The van der Waals surface area contributed by atoms with Crippen molar-refractivity contribution in [3.63, 3.8) is 0 Å². The molecule has 0 aliphatic heterocycles. The zero-order chi connectivity index (χ0) is 28.7. The average Bonchev–Trinajstić information content (AvgIpc) is 2.88. The van der Waals surface area contributed by atoms with E-state index < -0.39 is 28.5 Å². The van der Waals surface area contributed by atoms with E-state index in [2.05, 4.69) is 5.32 Å². The third kappa shape index (κ3) is 7.40. The predicted octanol–water partition coefficient (Wildman–Crippen LogP) is 5.48. The first-order valence-electron chi connectivity index (χ1n) is 12.9. The lowest BCUT2D eigenvalue weighted by atomic mass is 10.1. The van der Waals surface area contributed by atoms with E-state index >= 15 is 0 Å². The summed E-state index contributed by atoms with van der Waals surface area (Å²) in [6, 6.07) is 19.6. The highest BCUT2D eigenvalue weighted by atomic mass is 35.5. The van der Waals surface area contributed by atoms with Crippen LogP contribution in [-0.4, -0.2) is 43.8 Å². The number of carbonyl (C=O) groups excluding carboxylic acids is 2. The van der Waals surface area contributed by atoms with Gasteiger partial charge in [-0.25, -0.2) is 8.42 Å². The predicted molar refractivity (Wildman–Crippen MR) is 156 cm³/mol. The summed E-state index contributed by atoms with van der Waals surface area (Å²) >= 11 is 6.43. The van der Waals surface area contributed by atoms with Crippen LogP contribution in [0.15, 0.2) is 77.7 Å². The Morgan fingerprint density at radius 2 is 1.59 bits per heavy atom. The summed E-state index contributed by atoms with van der Waals surface area (Å²) in [5, 5.41) is 3.34. The van der Waals surface area contributed by atoms with Gasteiger partial charge in [-0.2, -0.15) is 0 Å². The van der Waals surface area contributed by atoms with Crippen molar-refractivity contribution in [3.8, 4) is 0 Å². The van der Waals surface area contributed by atoms with Gasteiger partial charge < -0.3 is 10.2 Å². The maximum absolute atomic E-state index is 14.1. The van der Waals surface area contributed by atoms with Crippen molar-refractivity contribution in [1.29, 1.82) is 0 Å². The van der Waals surface area contributed by atoms with Gasteiger partial charge in [0.25, 0.3) is 10.0 Å². The SMILES string of the molecule is CC[C@H](C(=O)NC(C)C)N(Cc1ccccc1Cl)C(=O)CN(c1ccc(C)cc1C)S(=O)(=O)c1ccccc1. The summed E-state index contributed by atoms with van der Waals surface area (Å²) in [5.74, 6) is -0.822. The van der Waals surface area contributed by atoms with Crippen LogP contribution >= 0.6 is 11.6 Å². The molecular formula is C30H36ClN3O4S. The minimum absolute atomic E-state index is 0.0502. The Labute approximate surface area is 236 Å². The number of sulfonamides is 1. The van der Waals surface area contributed by atoms with E-state index in [0.717, 1.165) is 9.87 Å². The van der Waals surface area contributed by atoms with Crippen molar-refractivity contribution >= 4 is 39.1 Å². The molecule has 0 fully saturated rings.